The zero-order valence-electron chi connectivity index (χ0n) is 11.5. The number of carboxylic acids is 1. The number of benzene rings is 1. The van der Waals surface area contributed by atoms with Gasteiger partial charge in [0.1, 0.15) is 0 Å². The fraction of sp³-hybridized carbons (Fsp3) is 0.375. The number of rotatable bonds is 3. The van der Waals surface area contributed by atoms with E-state index in [-0.39, 0.29) is 5.78 Å². The number of Topliss-reactive ketones (excluding diaryl/α,β-unsaturated/α-hetero) is 1. The number of carbonyl (C=O) groups excluding carboxylic acids is 1. The number of carbonyl (C=O) groups is 2. The molecule has 1 aliphatic rings. The molecular weight excluding hydrogens is 320 g/mol. The second-order valence-electron chi connectivity index (χ2n) is 5.39. The molecule has 4 heteroatoms. The average Bonchev–Trinajstić information content (AvgIpc) is 2.41. The maximum absolute atomic E-state index is 12.6. The minimum absolute atomic E-state index is 0.0725. The summed E-state index contributed by atoms with van der Waals surface area (Å²) in [4.78, 5) is 24.0. The SMILES string of the molecule is CC1=C(C)C[C@@H](C(=O)O)[C@@H](C(=O)c2ccc(Br)cc2)C1. The largest absolute Gasteiger partial charge is 0.481 e. The van der Waals surface area contributed by atoms with Gasteiger partial charge in [-0.2, -0.15) is 0 Å². The first-order valence-corrected chi connectivity index (χ1v) is 7.37. The molecule has 1 N–H and O–H groups in total. The van der Waals surface area contributed by atoms with Gasteiger partial charge in [-0.25, -0.2) is 0 Å². The van der Waals surface area contributed by atoms with E-state index in [1.165, 1.54) is 0 Å². The second-order valence-corrected chi connectivity index (χ2v) is 6.31. The molecule has 3 nitrogen and oxygen atoms in total. The van der Waals surface area contributed by atoms with E-state index in [0.717, 1.165) is 15.6 Å². The number of aliphatic carboxylic acids is 1. The topological polar surface area (TPSA) is 54.4 Å². The van der Waals surface area contributed by atoms with E-state index in [0.29, 0.717) is 18.4 Å². The van der Waals surface area contributed by atoms with Crippen LogP contribution in [0.25, 0.3) is 0 Å². The summed E-state index contributed by atoms with van der Waals surface area (Å²) in [5.74, 6) is -2.03. The standard InChI is InChI=1S/C16H17BrO3/c1-9-7-13(14(16(19)20)8-10(9)2)15(18)11-3-5-12(17)6-4-11/h3-6,13-14H,7-8H2,1-2H3,(H,19,20)/t13-,14+/m0/s1. The van der Waals surface area contributed by atoms with Gasteiger partial charge < -0.3 is 5.11 Å². The molecule has 0 amide bonds. The number of halogens is 1. The highest BCUT2D eigenvalue weighted by Gasteiger charge is 2.37. The van der Waals surface area contributed by atoms with E-state index < -0.39 is 17.8 Å². The van der Waals surface area contributed by atoms with Crippen molar-refractivity contribution in [2.45, 2.75) is 26.7 Å². The van der Waals surface area contributed by atoms with Crippen molar-refractivity contribution in [3.8, 4) is 0 Å². The molecule has 0 spiro atoms. The number of ketones is 1. The van der Waals surface area contributed by atoms with Crippen molar-refractivity contribution >= 4 is 27.7 Å². The molecular formula is C16H17BrO3. The number of allylic oxidation sites excluding steroid dienone is 2. The van der Waals surface area contributed by atoms with Gasteiger partial charge in [-0.1, -0.05) is 39.2 Å². The minimum atomic E-state index is -0.882. The normalized spacial score (nSPS) is 22.8. The summed E-state index contributed by atoms with van der Waals surface area (Å²) in [5.41, 5.74) is 2.81. The lowest BCUT2D eigenvalue weighted by Crippen LogP contribution is -2.33. The van der Waals surface area contributed by atoms with Gasteiger partial charge in [0, 0.05) is 16.0 Å². The highest BCUT2D eigenvalue weighted by Crippen LogP contribution is 2.36. The van der Waals surface area contributed by atoms with Crippen LogP contribution in [-0.4, -0.2) is 16.9 Å². The Morgan fingerprint density at radius 1 is 1.05 bits per heavy atom. The van der Waals surface area contributed by atoms with Crippen LogP contribution >= 0.6 is 15.9 Å². The van der Waals surface area contributed by atoms with Crippen molar-refractivity contribution in [2.75, 3.05) is 0 Å². The van der Waals surface area contributed by atoms with Crippen molar-refractivity contribution in [3.63, 3.8) is 0 Å². The van der Waals surface area contributed by atoms with Crippen LogP contribution in [0, 0.1) is 11.8 Å². The first-order valence-electron chi connectivity index (χ1n) is 6.58. The number of hydrogen-bond acceptors (Lipinski definition) is 2. The third kappa shape index (κ3) is 3.01. The van der Waals surface area contributed by atoms with Crippen molar-refractivity contribution in [3.05, 3.63) is 45.4 Å². The molecule has 0 aromatic heterocycles. The quantitative estimate of drug-likeness (QED) is 0.668. The van der Waals surface area contributed by atoms with Gasteiger partial charge in [-0.15, -0.1) is 0 Å². The molecule has 0 saturated carbocycles. The Labute approximate surface area is 126 Å². The van der Waals surface area contributed by atoms with Gasteiger partial charge >= 0.3 is 5.97 Å². The summed E-state index contributed by atoms with van der Waals surface area (Å²) in [7, 11) is 0. The van der Waals surface area contributed by atoms with E-state index in [1.54, 1.807) is 24.3 Å². The summed E-state index contributed by atoms with van der Waals surface area (Å²) in [5, 5.41) is 9.37. The molecule has 1 aliphatic carbocycles. The third-order valence-electron chi connectivity index (χ3n) is 4.05. The Kier molecular flexibility index (Phi) is 4.43. The molecule has 0 saturated heterocycles. The van der Waals surface area contributed by atoms with E-state index in [4.69, 9.17) is 0 Å². The lowest BCUT2D eigenvalue weighted by atomic mass is 9.73. The zero-order valence-corrected chi connectivity index (χ0v) is 13.1. The zero-order chi connectivity index (χ0) is 14.9. The minimum Gasteiger partial charge on any atom is -0.481 e. The molecule has 0 bridgehead atoms. The van der Waals surface area contributed by atoms with Crippen LogP contribution in [0.4, 0.5) is 0 Å². The Hall–Kier alpha value is -1.42. The Bertz CT molecular complexity index is 572. The molecule has 0 heterocycles. The molecule has 0 fully saturated rings. The fourth-order valence-corrected chi connectivity index (χ4v) is 2.92. The Morgan fingerprint density at radius 3 is 2.05 bits per heavy atom. The summed E-state index contributed by atoms with van der Waals surface area (Å²) >= 11 is 3.33. The van der Waals surface area contributed by atoms with Crippen molar-refractivity contribution in [1.82, 2.24) is 0 Å². The van der Waals surface area contributed by atoms with E-state index in [9.17, 15) is 14.7 Å². The predicted octanol–water partition coefficient (Wildman–Crippen LogP) is 4.08. The second kappa shape index (κ2) is 5.92. The molecule has 1 aromatic rings. The van der Waals surface area contributed by atoms with Crippen molar-refractivity contribution in [2.24, 2.45) is 11.8 Å². The maximum Gasteiger partial charge on any atom is 0.307 e. The van der Waals surface area contributed by atoms with Crippen LogP contribution in [0.5, 0.6) is 0 Å². The van der Waals surface area contributed by atoms with Crippen molar-refractivity contribution in [1.29, 1.82) is 0 Å². The van der Waals surface area contributed by atoms with Crippen LogP contribution in [0.3, 0.4) is 0 Å². The Balaban J connectivity index is 2.31. The number of carboxylic acid groups (broad SMARTS) is 1. The highest BCUT2D eigenvalue weighted by molar-refractivity contribution is 9.10. The van der Waals surface area contributed by atoms with E-state index in [2.05, 4.69) is 15.9 Å². The van der Waals surface area contributed by atoms with Gasteiger partial charge in [0.05, 0.1) is 5.92 Å². The molecule has 106 valence electrons. The molecule has 0 unspecified atom stereocenters. The van der Waals surface area contributed by atoms with Gasteiger partial charge in [0.15, 0.2) is 5.78 Å². The van der Waals surface area contributed by atoms with Crippen LogP contribution < -0.4 is 0 Å². The fourth-order valence-electron chi connectivity index (χ4n) is 2.66. The van der Waals surface area contributed by atoms with Gasteiger partial charge in [-0.05, 0) is 38.8 Å². The van der Waals surface area contributed by atoms with Crippen LogP contribution in [-0.2, 0) is 4.79 Å². The van der Waals surface area contributed by atoms with E-state index >= 15 is 0 Å². The average molecular weight is 337 g/mol. The summed E-state index contributed by atoms with van der Waals surface area (Å²) in [6.07, 6.45) is 1.01. The maximum atomic E-state index is 12.6. The number of hydrogen-bond donors (Lipinski definition) is 1. The molecule has 2 atom stereocenters. The molecule has 20 heavy (non-hydrogen) atoms. The molecule has 0 aliphatic heterocycles. The van der Waals surface area contributed by atoms with Gasteiger partial charge in [0.25, 0.3) is 0 Å². The smallest absolute Gasteiger partial charge is 0.307 e. The monoisotopic (exact) mass is 336 g/mol. The van der Waals surface area contributed by atoms with Crippen LogP contribution in [0.2, 0.25) is 0 Å². The van der Waals surface area contributed by atoms with E-state index in [1.807, 2.05) is 13.8 Å². The first-order chi connectivity index (χ1) is 9.40. The van der Waals surface area contributed by atoms with Gasteiger partial charge in [0.2, 0.25) is 0 Å². The third-order valence-corrected chi connectivity index (χ3v) is 4.58. The summed E-state index contributed by atoms with van der Waals surface area (Å²) < 4.78 is 0.902. The first kappa shape index (κ1) is 15.0. The molecule has 2 rings (SSSR count). The summed E-state index contributed by atoms with van der Waals surface area (Å²) in [6.45, 7) is 3.93. The molecule has 1 aromatic carbocycles. The lowest BCUT2D eigenvalue weighted by Gasteiger charge is -2.29. The lowest BCUT2D eigenvalue weighted by molar-refractivity contribution is -0.143. The highest BCUT2D eigenvalue weighted by atomic mass is 79.9. The van der Waals surface area contributed by atoms with Crippen molar-refractivity contribution < 1.29 is 14.7 Å². The van der Waals surface area contributed by atoms with Gasteiger partial charge in [-0.3, -0.25) is 9.59 Å². The van der Waals surface area contributed by atoms with Crippen LogP contribution in [0.15, 0.2) is 39.9 Å². The van der Waals surface area contributed by atoms with Crippen LogP contribution in [0.1, 0.15) is 37.0 Å². The summed E-state index contributed by atoms with van der Waals surface area (Å²) in [6, 6.07) is 7.09. The molecule has 0 radical (unpaired) electrons. The predicted molar refractivity (Wildman–Crippen MR) is 80.7 cm³/mol. The Morgan fingerprint density at radius 2 is 1.55 bits per heavy atom.